The number of nitrogens with one attached hydrogen (secondary N) is 2. The second kappa shape index (κ2) is 4.37. The number of aliphatic hydroxyl groups excluding tert-OH is 1. The van der Waals surface area contributed by atoms with Crippen molar-refractivity contribution in [3.8, 4) is 0 Å². The monoisotopic (exact) mass is 231 g/mol. The van der Waals surface area contributed by atoms with Crippen LogP contribution in [0.2, 0.25) is 0 Å². The van der Waals surface area contributed by atoms with E-state index in [2.05, 4.69) is 15.3 Å². The van der Waals surface area contributed by atoms with Crippen LogP contribution in [0.1, 0.15) is 19.3 Å². The van der Waals surface area contributed by atoms with Gasteiger partial charge >= 0.3 is 0 Å². The van der Waals surface area contributed by atoms with Gasteiger partial charge in [-0.05, 0) is 37.3 Å². The first-order valence-electron chi connectivity index (χ1n) is 6.19. The molecule has 0 bridgehead atoms. The van der Waals surface area contributed by atoms with Crippen molar-refractivity contribution in [1.82, 2.24) is 9.97 Å². The summed E-state index contributed by atoms with van der Waals surface area (Å²) >= 11 is 0. The Labute approximate surface area is 100 Å². The van der Waals surface area contributed by atoms with Crippen LogP contribution in [0.15, 0.2) is 24.3 Å². The number of H-pyrrole nitrogens is 1. The number of rotatable bonds is 5. The van der Waals surface area contributed by atoms with Crippen molar-refractivity contribution >= 4 is 17.0 Å². The molecule has 4 heteroatoms. The van der Waals surface area contributed by atoms with Crippen molar-refractivity contribution in [3.63, 3.8) is 0 Å². The zero-order chi connectivity index (χ0) is 11.7. The Kier molecular flexibility index (Phi) is 2.73. The Balaban J connectivity index is 1.78. The molecule has 0 radical (unpaired) electrons. The van der Waals surface area contributed by atoms with Crippen LogP contribution in [0.25, 0.3) is 11.0 Å². The van der Waals surface area contributed by atoms with Crippen LogP contribution in [-0.4, -0.2) is 27.7 Å². The summed E-state index contributed by atoms with van der Waals surface area (Å²) in [5.41, 5.74) is 2.03. The van der Waals surface area contributed by atoms with E-state index in [1.807, 2.05) is 24.3 Å². The third kappa shape index (κ3) is 2.26. The molecule has 90 valence electrons. The van der Waals surface area contributed by atoms with Crippen LogP contribution >= 0.6 is 0 Å². The van der Waals surface area contributed by atoms with Crippen LogP contribution in [0.4, 0.5) is 5.95 Å². The molecule has 17 heavy (non-hydrogen) atoms. The minimum absolute atomic E-state index is 0.231. The first-order chi connectivity index (χ1) is 8.36. The summed E-state index contributed by atoms with van der Waals surface area (Å²) < 4.78 is 0. The highest BCUT2D eigenvalue weighted by atomic mass is 16.3. The smallest absolute Gasteiger partial charge is 0.201 e. The summed E-state index contributed by atoms with van der Waals surface area (Å²) in [4.78, 5) is 7.76. The van der Waals surface area contributed by atoms with Crippen LogP contribution in [0.5, 0.6) is 0 Å². The van der Waals surface area contributed by atoms with E-state index >= 15 is 0 Å². The number of aromatic amines is 1. The molecule has 1 unspecified atom stereocenters. The molecular weight excluding hydrogens is 214 g/mol. The fourth-order valence-corrected chi connectivity index (χ4v) is 2.26. The average molecular weight is 231 g/mol. The van der Waals surface area contributed by atoms with Crippen LogP contribution in [-0.2, 0) is 0 Å². The molecule has 1 aromatic heterocycles. The highest BCUT2D eigenvalue weighted by Gasteiger charge is 2.31. The molecule has 1 atom stereocenters. The topological polar surface area (TPSA) is 60.9 Å². The van der Waals surface area contributed by atoms with Gasteiger partial charge in [0.1, 0.15) is 0 Å². The number of aliphatic hydroxyl groups is 1. The van der Waals surface area contributed by atoms with Crippen molar-refractivity contribution in [3.05, 3.63) is 24.3 Å². The summed E-state index contributed by atoms with van der Waals surface area (Å²) in [5.74, 6) is 1.52. The van der Waals surface area contributed by atoms with Gasteiger partial charge in [-0.2, -0.15) is 0 Å². The highest BCUT2D eigenvalue weighted by Crippen LogP contribution is 2.35. The van der Waals surface area contributed by atoms with Crippen molar-refractivity contribution < 1.29 is 5.11 Å². The number of hydrogen-bond donors (Lipinski definition) is 3. The fraction of sp³-hybridized carbons (Fsp3) is 0.462. The van der Waals surface area contributed by atoms with Gasteiger partial charge in [-0.25, -0.2) is 4.98 Å². The third-order valence-corrected chi connectivity index (χ3v) is 3.34. The predicted molar refractivity (Wildman–Crippen MR) is 67.9 cm³/mol. The van der Waals surface area contributed by atoms with Gasteiger partial charge in [0, 0.05) is 12.6 Å². The lowest BCUT2D eigenvalue weighted by Crippen LogP contribution is -2.23. The summed E-state index contributed by atoms with van der Waals surface area (Å²) in [6.07, 6.45) is 3.32. The van der Waals surface area contributed by atoms with Gasteiger partial charge in [0.25, 0.3) is 0 Å². The fourth-order valence-electron chi connectivity index (χ4n) is 2.26. The van der Waals surface area contributed by atoms with E-state index in [0.29, 0.717) is 12.0 Å². The van der Waals surface area contributed by atoms with E-state index in [9.17, 15) is 0 Å². The maximum Gasteiger partial charge on any atom is 0.201 e. The molecule has 1 saturated carbocycles. The first-order valence-corrected chi connectivity index (χ1v) is 6.19. The number of benzene rings is 1. The number of aromatic nitrogens is 2. The maximum absolute atomic E-state index is 9.06. The molecule has 2 aromatic rings. The van der Waals surface area contributed by atoms with Gasteiger partial charge < -0.3 is 15.4 Å². The molecule has 1 aliphatic rings. The van der Waals surface area contributed by atoms with E-state index in [1.54, 1.807) is 0 Å². The van der Waals surface area contributed by atoms with Gasteiger partial charge in [-0.1, -0.05) is 12.1 Å². The molecule has 3 rings (SSSR count). The highest BCUT2D eigenvalue weighted by molar-refractivity contribution is 5.77. The van der Waals surface area contributed by atoms with Gasteiger partial charge in [0.2, 0.25) is 5.95 Å². The largest absolute Gasteiger partial charge is 0.396 e. The maximum atomic E-state index is 9.06. The molecule has 3 N–H and O–H groups in total. The minimum Gasteiger partial charge on any atom is -0.396 e. The summed E-state index contributed by atoms with van der Waals surface area (Å²) in [5, 5.41) is 12.5. The lowest BCUT2D eigenvalue weighted by Gasteiger charge is -2.15. The Hall–Kier alpha value is -1.55. The van der Waals surface area contributed by atoms with E-state index in [0.717, 1.165) is 23.4 Å². The van der Waals surface area contributed by atoms with Crippen molar-refractivity contribution in [1.29, 1.82) is 0 Å². The quantitative estimate of drug-likeness (QED) is 0.738. The molecule has 4 nitrogen and oxygen atoms in total. The zero-order valence-corrected chi connectivity index (χ0v) is 9.69. The molecular formula is C13H17N3O. The molecule has 1 aliphatic carbocycles. The van der Waals surface area contributed by atoms with Crippen molar-refractivity contribution in [2.24, 2.45) is 5.92 Å². The van der Waals surface area contributed by atoms with E-state index in [-0.39, 0.29) is 6.61 Å². The van der Waals surface area contributed by atoms with E-state index < -0.39 is 0 Å². The summed E-state index contributed by atoms with van der Waals surface area (Å²) in [7, 11) is 0. The number of fused-ring (bicyclic) bond motifs is 1. The molecule has 0 amide bonds. The Bertz CT molecular complexity index is 471. The molecule has 0 aliphatic heterocycles. The summed E-state index contributed by atoms with van der Waals surface area (Å²) in [6.45, 7) is 0.231. The van der Waals surface area contributed by atoms with E-state index in [4.69, 9.17) is 5.11 Å². The number of nitrogens with zero attached hydrogens (tertiary/aromatic N) is 1. The van der Waals surface area contributed by atoms with Crippen LogP contribution in [0.3, 0.4) is 0 Å². The number of hydrogen-bond acceptors (Lipinski definition) is 3. The zero-order valence-electron chi connectivity index (χ0n) is 9.69. The van der Waals surface area contributed by atoms with E-state index in [1.165, 1.54) is 12.8 Å². The lowest BCUT2D eigenvalue weighted by molar-refractivity contribution is 0.274. The van der Waals surface area contributed by atoms with Gasteiger partial charge in [0.05, 0.1) is 11.0 Å². The molecule has 1 heterocycles. The molecule has 1 fully saturated rings. The van der Waals surface area contributed by atoms with Crippen molar-refractivity contribution in [2.45, 2.75) is 25.3 Å². The number of anilines is 1. The predicted octanol–water partition coefficient (Wildman–Crippen LogP) is 2.14. The average Bonchev–Trinajstić information content (AvgIpc) is 3.09. The van der Waals surface area contributed by atoms with Crippen molar-refractivity contribution in [2.75, 3.05) is 11.9 Å². The standard InChI is InChI=1S/C13H17N3O/c17-8-7-10(9-5-6-9)14-13-15-11-3-1-2-4-12(11)16-13/h1-4,9-10,17H,5-8H2,(H2,14,15,16). The number of para-hydroxylation sites is 2. The Morgan fingerprint density at radius 3 is 2.94 bits per heavy atom. The van der Waals surface area contributed by atoms with Gasteiger partial charge in [-0.15, -0.1) is 0 Å². The van der Waals surface area contributed by atoms with Crippen LogP contribution < -0.4 is 5.32 Å². The second-order valence-electron chi connectivity index (χ2n) is 4.70. The van der Waals surface area contributed by atoms with Crippen LogP contribution in [0, 0.1) is 5.92 Å². The molecule has 0 saturated heterocycles. The molecule has 1 aromatic carbocycles. The molecule has 0 spiro atoms. The second-order valence-corrected chi connectivity index (χ2v) is 4.70. The first kappa shape index (κ1) is 10.6. The van der Waals surface area contributed by atoms with Gasteiger partial charge in [-0.3, -0.25) is 0 Å². The Morgan fingerprint density at radius 1 is 1.41 bits per heavy atom. The Morgan fingerprint density at radius 2 is 2.24 bits per heavy atom. The minimum atomic E-state index is 0.231. The normalized spacial score (nSPS) is 17.2. The van der Waals surface area contributed by atoms with Gasteiger partial charge in [0.15, 0.2) is 0 Å². The summed E-state index contributed by atoms with van der Waals surface area (Å²) in [6, 6.07) is 8.34. The SMILES string of the molecule is OCCC(Nc1nc2ccccc2[nH]1)C1CC1. The number of imidazole rings is 1. The third-order valence-electron chi connectivity index (χ3n) is 3.34. The lowest BCUT2D eigenvalue weighted by atomic mass is 10.1.